The van der Waals surface area contributed by atoms with Gasteiger partial charge in [0.1, 0.15) is 0 Å². The Balaban J connectivity index is 2.00. The zero-order chi connectivity index (χ0) is 13.0. The first-order chi connectivity index (χ1) is 8.66. The first-order valence-corrected chi connectivity index (χ1v) is 7.32. The summed E-state index contributed by atoms with van der Waals surface area (Å²) in [6.45, 7) is 2.96. The molecule has 0 amide bonds. The quantitative estimate of drug-likeness (QED) is 0.860. The van der Waals surface area contributed by atoms with Crippen molar-refractivity contribution >= 4 is 31.9 Å². The van der Waals surface area contributed by atoms with E-state index >= 15 is 0 Å². The highest BCUT2D eigenvalue weighted by atomic mass is 79.9. The van der Waals surface area contributed by atoms with Crippen LogP contribution >= 0.6 is 31.9 Å². The van der Waals surface area contributed by atoms with Gasteiger partial charge >= 0.3 is 0 Å². The standard InChI is InChI=1S/C14H14Br2N2/c1-10(13-4-2-3-5-14(13)16)18-8-11-6-12(15)9-17-7-11/h2-7,9-10,18H,8H2,1H3. The summed E-state index contributed by atoms with van der Waals surface area (Å²) < 4.78 is 2.15. The molecule has 0 fully saturated rings. The maximum absolute atomic E-state index is 4.16. The summed E-state index contributed by atoms with van der Waals surface area (Å²) in [5.74, 6) is 0. The lowest BCUT2D eigenvalue weighted by molar-refractivity contribution is 0.572. The van der Waals surface area contributed by atoms with Crippen LogP contribution < -0.4 is 5.32 Å². The SMILES string of the molecule is CC(NCc1cncc(Br)c1)c1ccccc1Br. The second kappa shape index (κ2) is 6.45. The van der Waals surface area contributed by atoms with Crippen LogP contribution in [0.15, 0.2) is 51.7 Å². The number of nitrogens with zero attached hydrogens (tertiary/aromatic N) is 1. The van der Waals surface area contributed by atoms with Crippen LogP contribution in [-0.4, -0.2) is 4.98 Å². The predicted octanol–water partition coefficient (Wildman–Crippen LogP) is 4.46. The number of aromatic nitrogens is 1. The van der Waals surface area contributed by atoms with Crippen LogP contribution in [0.5, 0.6) is 0 Å². The zero-order valence-corrected chi connectivity index (χ0v) is 13.2. The number of benzene rings is 1. The molecule has 1 unspecified atom stereocenters. The molecule has 0 spiro atoms. The third kappa shape index (κ3) is 3.64. The van der Waals surface area contributed by atoms with Gasteiger partial charge in [-0.15, -0.1) is 0 Å². The Morgan fingerprint density at radius 1 is 1.22 bits per heavy atom. The van der Waals surface area contributed by atoms with E-state index in [1.165, 1.54) is 11.1 Å². The van der Waals surface area contributed by atoms with Gasteiger partial charge in [-0.2, -0.15) is 0 Å². The van der Waals surface area contributed by atoms with E-state index in [-0.39, 0.29) is 0 Å². The average Bonchev–Trinajstić information content (AvgIpc) is 2.37. The van der Waals surface area contributed by atoms with Gasteiger partial charge in [0.15, 0.2) is 0 Å². The molecular formula is C14H14Br2N2. The lowest BCUT2D eigenvalue weighted by Crippen LogP contribution is -2.18. The van der Waals surface area contributed by atoms with Crippen molar-refractivity contribution in [3.05, 3.63) is 62.8 Å². The summed E-state index contributed by atoms with van der Waals surface area (Å²) in [7, 11) is 0. The minimum Gasteiger partial charge on any atom is -0.306 e. The molecule has 0 saturated heterocycles. The Kier molecular flexibility index (Phi) is 4.92. The minimum atomic E-state index is 0.291. The molecule has 0 bridgehead atoms. The fraction of sp³-hybridized carbons (Fsp3) is 0.214. The Bertz CT molecular complexity index is 529. The van der Waals surface area contributed by atoms with E-state index in [9.17, 15) is 0 Å². The molecule has 0 aliphatic carbocycles. The maximum atomic E-state index is 4.16. The van der Waals surface area contributed by atoms with E-state index in [4.69, 9.17) is 0 Å². The average molecular weight is 370 g/mol. The maximum Gasteiger partial charge on any atom is 0.0410 e. The van der Waals surface area contributed by atoms with E-state index < -0.39 is 0 Å². The molecule has 0 aliphatic heterocycles. The highest BCUT2D eigenvalue weighted by molar-refractivity contribution is 9.10. The van der Waals surface area contributed by atoms with Gasteiger partial charge in [0.25, 0.3) is 0 Å². The highest BCUT2D eigenvalue weighted by Gasteiger charge is 2.08. The smallest absolute Gasteiger partial charge is 0.0410 e. The van der Waals surface area contributed by atoms with Gasteiger partial charge in [-0.3, -0.25) is 4.98 Å². The lowest BCUT2D eigenvalue weighted by atomic mass is 10.1. The molecule has 1 atom stereocenters. The van der Waals surface area contributed by atoms with Crippen LogP contribution in [0.3, 0.4) is 0 Å². The van der Waals surface area contributed by atoms with Crippen LogP contribution in [-0.2, 0) is 6.54 Å². The number of nitrogens with one attached hydrogen (secondary N) is 1. The molecule has 2 rings (SSSR count). The molecule has 0 aliphatic rings. The summed E-state index contributed by atoms with van der Waals surface area (Å²) >= 11 is 7.00. The molecule has 1 aromatic carbocycles. The molecule has 4 heteroatoms. The van der Waals surface area contributed by atoms with Crippen LogP contribution in [0.4, 0.5) is 0 Å². The predicted molar refractivity (Wildman–Crippen MR) is 81.3 cm³/mol. The van der Waals surface area contributed by atoms with E-state index in [1.54, 1.807) is 6.20 Å². The van der Waals surface area contributed by atoms with Crippen molar-refractivity contribution < 1.29 is 0 Å². The highest BCUT2D eigenvalue weighted by Crippen LogP contribution is 2.23. The van der Waals surface area contributed by atoms with Gasteiger partial charge in [0.05, 0.1) is 0 Å². The van der Waals surface area contributed by atoms with Gasteiger partial charge in [0, 0.05) is 33.9 Å². The first kappa shape index (κ1) is 13.7. The number of hydrogen-bond donors (Lipinski definition) is 1. The van der Waals surface area contributed by atoms with Crippen molar-refractivity contribution in [2.45, 2.75) is 19.5 Å². The van der Waals surface area contributed by atoms with Crippen molar-refractivity contribution in [2.24, 2.45) is 0 Å². The van der Waals surface area contributed by atoms with Crippen molar-refractivity contribution in [3.8, 4) is 0 Å². The van der Waals surface area contributed by atoms with Gasteiger partial charge in [-0.25, -0.2) is 0 Å². The molecule has 1 aromatic heterocycles. The molecular weight excluding hydrogens is 356 g/mol. The van der Waals surface area contributed by atoms with E-state index in [0.717, 1.165) is 15.5 Å². The molecule has 0 saturated carbocycles. The zero-order valence-electron chi connectivity index (χ0n) is 10.0. The largest absolute Gasteiger partial charge is 0.306 e. The van der Waals surface area contributed by atoms with Crippen LogP contribution in [0.1, 0.15) is 24.1 Å². The normalized spacial score (nSPS) is 12.4. The Hall–Kier alpha value is -0.710. The lowest BCUT2D eigenvalue weighted by Gasteiger charge is -2.15. The van der Waals surface area contributed by atoms with Gasteiger partial charge in [-0.1, -0.05) is 34.1 Å². The van der Waals surface area contributed by atoms with E-state index in [1.807, 2.05) is 12.3 Å². The fourth-order valence-corrected chi connectivity index (χ4v) is 2.80. The van der Waals surface area contributed by atoms with E-state index in [0.29, 0.717) is 6.04 Å². The summed E-state index contributed by atoms with van der Waals surface area (Å²) in [4.78, 5) is 4.16. The third-order valence-corrected chi connectivity index (χ3v) is 3.90. The second-order valence-electron chi connectivity index (χ2n) is 4.14. The van der Waals surface area contributed by atoms with Crippen molar-refractivity contribution in [2.75, 3.05) is 0 Å². The van der Waals surface area contributed by atoms with Crippen LogP contribution in [0, 0.1) is 0 Å². The second-order valence-corrected chi connectivity index (χ2v) is 5.91. The summed E-state index contributed by atoms with van der Waals surface area (Å²) in [6.07, 6.45) is 3.67. The molecule has 1 heterocycles. The van der Waals surface area contributed by atoms with Gasteiger partial charge in [0.2, 0.25) is 0 Å². The number of pyridine rings is 1. The minimum absolute atomic E-state index is 0.291. The topological polar surface area (TPSA) is 24.9 Å². The number of halogens is 2. The van der Waals surface area contributed by atoms with E-state index in [2.05, 4.69) is 73.3 Å². The van der Waals surface area contributed by atoms with Crippen molar-refractivity contribution in [1.82, 2.24) is 10.3 Å². The molecule has 18 heavy (non-hydrogen) atoms. The first-order valence-electron chi connectivity index (χ1n) is 5.74. The Morgan fingerprint density at radius 2 is 2.00 bits per heavy atom. The van der Waals surface area contributed by atoms with Crippen molar-refractivity contribution in [1.29, 1.82) is 0 Å². The molecule has 2 aromatic rings. The Labute approximate surface area is 124 Å². The van der Waals surface area contributed by atoms with Crippen molar-refractivity contribution in [3.63, 3.8) is 0 Å². The monoisotopic (exact) mass is 368 g/mol. The van der Waals surface area contributed by atoms with Crippen LogP contribution in [0.2, 0.25) is 0 Å². The van der Waals surface area contributed by atoms with Crippen LogP contribution in [0.25, 0.3) is 0 Å². The Morgan fingerprint density at radius 3 is 2.72 bits per heavy atom. The fourth-order valence-electron chi connectivity index (χ4n) is 1.76. The summed E-state index contributed by atoms with van der Waals surface area (Å²) in [5, 5.41) is 3.49. The molecule has 2 nitrogen and oxygen atoms in total. The number of rotatable bonds is 4. The van der Waals surface area contributed by atoms with Gasteiger partial charge in [-0.05, 0) is 46.1 Å². The third-order valence-electron chi connectivity index (χ3n) is 2.75. The molecule has 1 N–H and O–H groups in total. The molecule has 94 valence electrons. The number of hydrogen-bond acceptors (Lipinski definition) is 2. The molecule has 0 radical (unpaired) electrons. The van der Waals surface area contributed by atoms with Gasteiger partial charge < -0.3 is 5.32 Å². The summed E-state index contributed by atoms with van der Waals surface area (Å²) in [6, 6.07) is 10.6. The summed E-state index contributed by atoms with van der Waals surface area (Å²) in [5.41, 5.74) is 2.43.